The van der Waals surface area contributed by atoms with E-state index < -0.39 is 40.0 Å². The number of phenols is 1. The number of nitrogens with one attached hydrogen (secondary N) is 1. The van der Waals surface area contributed by atoms with Crippen molar-refractivity contribution >= 4 is 28.9 Å². The molecule has 2 aromatic rings. The Bertz CT molecular complexity index is 851. The molecule has 0 spiro atoms. The van der Waals surface area contributed by atoms with Crippen LogP contribution in [-0.2, 0) is 17.5 Å². The fourth-order valence-electron chi connectivity index (χ4n) is 1.92. The summed E-state index contributed by atoms with van der Waals surface area (Å²) in [6.07, 6.45) is -4.78. The number of nitro groups is 1. The number of nitro benzene ring substituents is 1. The summed E-state index contributed by atoms with van der Waals surface area (Å²) in [6.45, 7) is 0.618. The van der Waals surface area contributed by atoms with Crippen molar-refractivity contribution in [3.8, 4) is 5.75 Å². The Morgan fingerprint density at radius 1 is 1.48 bits per heavy atom. The van der Waals surface area contributed by atoms with Crippen LogP contribution in [0.3, 0.4) is 0 Å². The first-order valence-corrected chi connectivity index (χ1v) is 6.96. The highest BCUT2D eigenvalue weighted by atomic mass is 35.5. The van der Waals surface area contributed by atoms with E-state index in [-0.39, 0.29) is 17.1 Å². The molecule has 25 heavy (non-hydrogen) atoms. The third-order valence-electron chi connectivity index (χ3n) is 3.16. The number of hydrogen-bond acceptors (Lipinski definition) is 5. The van der Waals surface area contributed by atoms with Gasteiger partial charge in [-0.15, -0.1) is 0 Å². The summed E-state index contributed by atoms with van der Waals surface area (Å²) in [5.41, 5.74) is -2.04. The van der Waals surface area contributed by atoms with Crippen LogP contribution in [0, 0.1) is 17.0 Å². The van der Waals surface area contributed by atoms with Crippen LogP contribution in [0.4, 0.5) is 24.5 Å². The number of aromatic nitrogens is 2. The zero-order chi connectivity index (χ0) is 18.9. The van der Waals surface area contributed by atoms with Crippen LogP contribution >= 0.6 is 11.6 Å². The van der Waals surface area contributed by atoms with E-state index in [1.807, 2.05) is 0 Å². The minimum atomic E-state index is -4.78. The van der Waals surface area contributed by atoms with E-state index in [1.165, 1.54) is 6.92 Å². The third-order valence-corrected chi connectivity index (χ3v) is 3.61. The molecule has 2 rings (SSSR count). The summed E-state index contributed by atoms with van der Waals surface area (Å²) in [5.74, 6) is -1.29. The van der Waals surface area contributed by atoms with Gasteiger partial charge in [0, 0.05) is 12.1 Å². The number of nitrogens with zero attached hydrogens (tertiary/aromatic N) is 3. The molecule has 8 nitrogen and oxygen atoms in total. The average Bonchev–Trinajstić information content (AvgIpc) is 2.77. The number of halogens is 4. The van der Waals surface area contributed by atoms with E-state index in [0.29, 0.717) is 0 Å². The van der Waals surface area contributed by atoms with Crippen LogP contribution in [0.25, 0.3) is 0 Å². The van der Waals surface area contributed by atoms with Gasteiger partial charge in [-0.2, -0.15) is 18.3 Å². The second kappa shape index (κ2) is 6.59. The summed E-state index contributed by atoms with van der Waals surface area (Å²) < 4.78 is 39.0. The Morgan fingerprint density at radius 3 is 2.64 bits per heavy atom. The summed E-state index contributed by atoms with van der Waals surface area (Å²) in [7, 11) is 0. The van der Waals surface area contributed by atoms with Crippen molar-refractivity contribution in [2.24, 2.45) is 0 Å². The number of anilines is 1. The van der Waals surface area contributed by atoms with Gasteiger partial charge in [0.05, 0.1) is 21.3 Å². The van der Waals surface area contributed by atoms with Crippen molar-refractivity contribution in [2.45, 2.75) is 19.6 Å². The molecule has 1 aromatic heterocycles. The van der Waals surface area contributed by atoms with E-state index >= 15 is 0 Å². The molecule has 0 fully saturated rings. The molecule has 0 radical (unpaired) electrons. The maximum absolute atomic E-state index is 12.7. The highest BCUT2D eigenvalue weighted by Gasteiger charge is 2.38. The fourth-order valence-corrected chi connectivity index (χ4v) is 2.17. The lowest BCUT2D eigenvalue weighted by atomic mass is 10.2. The van der Waals surface area contributed by atoms with Crippen LogP contribution in [0.1, 0.15) is 11.4 Å². The Morgan fingerprint density at radius 2 is 2.12 bits per heavy atom. The van der Waals surface area contributed by atoms with Crippen molar-refractivity contribution < 1.29 is 28.0 Å². The molecule has 134 valence electrons. The van der Waals surface area contributed by atoms with Crippen LogP contribution in [0.5, 0.6) is 5.75 Å². The van der Waals surface area contributed by atoms with Gasteiger partial charge in [-0.3, -0.25) is 19.6 Å². The minimum absolute atomic E-state index is 0.0765. The van der Waals surface area contributed by atoms with Crippen LogP contribution in [0.15, 0.2) is 18.2 Å². The predicted octanol–water partition coefficient (Wildman–Crippen LogP) is 3.12. The van der Waals surface area contributed by atoms with Gasteiger partial charge >= 0.3 is 6.18 Å². The highest BCUT2D eigenvalue weighted by molar-refractivity contribution is 6.32. The van der Waals surface area contributed by atoms with Gasteiger partial charge in [-0.25, -0.2) is 0 Å². The molecule has 12 heteroatoms. The van der Waals surface area contributed by atoms with Gasteiger partial charge in [-0.05, 0) is 13.0 Å². The molecule has 0 saturated carbocycles. The molecule has 1 heterocycles. The van der Waals surface area contributed by atoms with Crippen molar-refractivity contribution in [2.75, 3.05) is 5.32 Å². The normalized spacial score (nSPS) is 11.4. The molecule has 2 N–H and O–H groups in total. The maximum Gasteiger partial charge on any atom is 0.436 e. The van der Waals surface area contributed by atoms with E-state index in [1.54, 1.807) is 0 Å². The number of amides is 1. The largest absolute Gasteiger partial charge is 0.506 e. The van der Waals surface area contributed by atoms with Gasteiger partial charge in [0.15, 0.2) is 5.69 Å². The van der Waals surface area contributed by atoms with Gasteiger partial charge in [-0.1, -0.05) is 11.6 Å². The molecule has 1 aromatic carbocycles. The quantitative estimate of drug-likeness (QED) is 0.482. The lowest BCUT2D eigenvalue weighted by Gasteiger charge is -2.08. The number of aromatic hydroxyl groups is 1. The Kier molecular flexibility index (Phi) is 4.88. The fraction of sp³-hybridized carbons (Fsp3) is 0.231. The number of hydrogen-bond donors (Lipinski definition) is 2. The first-order valence-electron chi connectivity index (χ1n) is 6.58. The lowest BCUT2D eigenvalue weighted by molar-refractivity contribution is -0.384. The lowest BCUT2D eigenvalue weighted by Crippen LogP contribution is -2.21. The molecule has 0 aliphatic carbocycles. The number of alkyl halides is 3. The van der Waals surface area contributed by atoms with E-state index in [4.69, 9.17) is 11.6 Å². The number of carbonyl (C=O) groups excluding carboxylic acids is 1. The molecular weight excluding hydrogens is 369 g/mol. The molecule has 0 atom stereocenters. The molecule has 0 unspecified atom stereocenters. The number of rotatable bonds is 4. The number of benzene rings is 1. The topological polar surface area (TPSA) is 110 Å². The first kappa shape index (κ1) is 18.5. The van der Waals surface area contributed by atoms with Crippen molar-refractivity contribution in [3.05, 3.63) is 44.7 Å². The second-order valence-corrected chi connectivity index (χ2v) is 5.29. The molecular formula is C13H10ClF3N4O4. The first-order chi connectivity index (χ1) is 11.5. The zero-order valence-electron chi connectivity index (χ0n) is 12.5. The number of non-ortho nitro benzene ring substituents is 1. The summed E-state index contributed by atoms with van der Waals surface area (Å²) in [5, 5.41) is 25.1. The smallest absolute Gasteiger partial charge is 0.436 e. The van der Waals surface area contributed by atoms with Crippen molar-refractivity contribution in [1.29, 1.82) is 0 Å². The van der Waals surface area contributed by atoms with Crippen LogP contribution in [-0.4, -0.2) is 25.7 Å². The Hall–Kier alpha value is -2.82. The predicted molar refractivity (Wildman–Crippen MR) is 80.4 cm³/mol. The maximum atomic E-state index is 12.7. The van der Waals surface area contributed by atoms with Crippen LogP contribution in [0.2, 0.25) is 5.02 Å². The van der Waals surface area contributed by atoms with E-state index in [9.17, 15) is 33.2 Å². The number of phenolic OH excluding ortho intramolecular Hbond substituents is 1. The average molecular weight is 379 g/mol. The Balaban J connectivity index is 2.22. The summed E-state index contributed by atoms with van der Waals surface area (Å²) in [4.78, 5) is 21.9. The highest BCUT2D eigenvalue weighted by Crippen LogP contribution is 2.35. The molecule has 0 bridgehead atoms. The molecule has 0 aliphatic heterocycles. The van der Waals surface area contributed by atoms with Gasteiger partial charge < -0.3 is 10.4 Å². The summed E-state index contributed by atoms with van der Waals surface area (Å²) in [6, 6.07) is 2.95. The van der Waals surface area contributed by atoms with Crippen molar-refractivity contribution in [3.63, 3.8) is 0 Å². The zero-order valence-corrected chi connectivity index (χ0v) is 13.2. The summed E-state index contributed by atoms with van der Waals surface area (Å²) >= 11 is 5.57. The van der Waals surface area contributed by atoms with Gasteiger partial charge in [0.2, 0.25) is 5.91 Å². The van der Waals surface area contributed by atoms with Gasteiger partial charge in [0.1, 0.15) is 12.3 Å². The number of carbonyl (C=O) groups is 1. The monoisotopic (exact) mass is 378 g/mol. The second-order valence-electron chi connectivity index (χ2n) is 4.91. The van der Waals surface area contributed by atoms with Crippen molar-refractivity contribution in [1.82, 2.24) is 9.78 Å². The standard InChI is InChI=1S/C13H10ClF3N4O4/c1-6-11(14)12(13(15,16)17)19-20(6)5-10(23)18-8-4-7(21(24)25)2-3-9(8)22/h2-4,22H,5H2,1H3,(H,18,23). The molecule has 1 amide bonds. The van der Waals surface area contributed by atoms with Crippen LogP contribution < -0.4 is 5.32 Å². The van der Waals surface area contributed by atoms with E-state index in [2.05, 4.69) is 10.4 Å². The Labute approximate surface area is 143 Å². The van der Waals surface area contributed by atoms with E-state index in [0.717, 1.165) is 22.9 Å². The minimum Gasteiger partial charge on any atom is -0.506 e. The van der Waals surface area contributed by atoms with Gasteiger partial charge in [0.25, 0.3) is 5.69 Å². The molecule has 0 saturated heterocycles. The SMILES string of the molecule is Cc1c(Cl)c(C(F)(F)F)nn1CC(=O)Nc1cc([N+](=O)[O-])ccc1O. The molecule has 0 aliphatic rings. The third kappa shape index (κ3) is 3.99.